The van der Waals surface area contributed by atoms with Crippen LogP contribution in [-0.4, -0.2) is 27.5 Å². The van der Waals surface area contributed by atoms with Crippen LogP contribution in [0.4, 0.5) is 17.5 Å². The van der Waals surface area contributed by atoms with Gasteiger partial charge in [0.2, 0.25) is 5.95 Å². The molecule has 2 aromatic rings. The highest BCUT2D eigenvalue weighted by molar-refractivity contribution is 5.98. The molecule has 7 nitrogen and oxygen atoms in total. The lowest BCUT2D eigenvalue weighted by Gasteiger charge is -2.20. The average molecular weight is 326 g/mol. The molecule has 1 amide bonds. The van der Waals surface area contributed by atoms with Gasteiger partial charge in [-0.05, 0) is 38.8 Å². The molecule has 1 aliphatic carbocycles. The van der Waals surface area contributed by atoms with Crippen LogP contribution in [0.5, 0.6) is 0 Å². The largest absolute Gasteiger partial charge is 0.365 e. The van der Waals surface area contributed by atoms with E-state index in [1.807, 2.05) is 38.1 Å². The fourth-order valence-corrected chi connectivity index (χ4v) is 2.42. The van der Waals surface area contributed by atoms with Crippen molar-refractivity contribution < 1.29 is 4.79 Å². The Balaban J connectivity index is 1.85. The van der Waals surface area contributed by atoms with Crippen molar-refractivity contribution >= 4 is 23.4 Å². The number of benzene rings is 1. The van der Waals surface area contributed by atoms with Gasteiger partial charge in [0.25, 0.3) is 5.91 Å². The van der Waals surface area contributed by atoms with Gasteiger partial charge in [-0.3, -0.25) is 4.79 Å². The zero-order valence-electron chi connectivity index (χ0n) is 13.8. The summed E-state index contributed by atoms with van der Waals surface area (Å²) in [6.07, 6.45) is 3.39. The average Bonchev–Trinajstić information content (AvgIpc) is 3.29. The minimum Gasteiger partial charge on any atom is -0.365 e. The van der Waals surface area contributed by atoms with Gasteiger partial charge in [0.15, 0.2) is 0 Å². The van der Waals surface area contributed by atoms with E-state index in [1.54, 1.807) is 0 Å². The van der Waals surface area contributed by atoms with E-state index in [0.29, 0.717) is 11.8 Å². The minimum atomic E-state index is -0.582. The van der Waals surface area contributed by atoms with Gasteiger partial charge in [0.1, 0.15) is 11.4 Å². The summed E-state index contributed by atoms with van der Waals surface area (Å²) in [5, 5.41) is 6.33. The number of rotatable bonds is 6. The Kier molecular flexibility index (Phi) is 4.11. The van der Waals surface area contributed by atoms with Crippen molar-refractivity contribution in [3.05, 3.63) is 41.6 Å². The second-order valence-corrected chi connectivity index (χ2v) is 6.41. The highest BCUT2D eigenvalue weighted by Crippen LogP contribution is 2.36. The molecule has 7 heteroatoms. The first-order valence-corrected chi connectivity index (χ1v) is 7.93. The molecule has 0 spiro atoms. The van der Waals surface area contributed by atoms with E-state index in [4.69, 9.17) is 11.5 Å². The molecular weight excluding hydrogens is 304 g/mol. The number of hydrogen-bond acceptors (Lipinski definition) is 6. The maximum Gasteiger partial charge on any atom is 0.254 e. The summed E-state index contributed by atoms with van der Waals surface area (Å²) in [7, 11) is 0. The molecular formula is C17H22N6O. The first-order valence-electron chi connectivity index (χ1n) is 7.93. The second kappa shape index (κ2) is 6.09. The number of anilines is 3. The molecule has 1 heterocycles. The van der Waals surface area contributed by atoms with Gasteiger partial charge in [-0.25, -0.2) is 4.98 Å². The van der Waals surface area contributed by atoms with Crippen molar-refractivity contribution in [1.29, 1.82) is 0 Å². The summed E-state index contributed by atoms with van der Waals surface area (Å²) >= 11 is 0. The first-order chi connectivity index (χ1) is 11.4. The molecule has 0 aliphatic heterocycles. The van der Waals surface area contributed by atoms with E-state index >= 15 is 0 Å². The lowest BCUT2D eigenvalue weighted by atomic mass is 10.1. The summed E-state index contributed by atoms with van der Waals surface area (Å²) in [6, 6.07) is 7.82. The number of aromatic nitrogens is 2. The summed E-state index contributed by atoms with van der Waals surface area (Å²) in [4.78, 5) is 20.2. The first kappa shape index (κ1) is 16.2. The third-order valence-corrected chi connectivity index (χ3v) is 4.40. The fourth-order valence-electron chi connectivity index (χ4n) is 2.42. The van der Waals surface area contributed by atoms with Crippen molar-refractivity contribution in [1.82, 2.24) is 9.97 Å². The summed E-state index contributed by atoms with van der Waals surface area (Å²) in [6.45, 7) is 4.01. The molecule has 0 unspecified atom stereocenters. The second-order valence-electron chi connectivity index (χ2n) is 6.41. The third kappa shape index (κ3) is 3.46. The van der Waals surface area contributed by atoms with Crippen LogP contribution in [0.1, 0.15) is 35.7 Å². The maximum absolute atomic E-state index is 11.6. The molecule has 0 saturated heterocycles. The van der Waals surface area contributed by atoms with Crippen molar-refractivity contribution in [3.63, 3.8) is 0 Å². The predicted molar refractivity (Wildman–Crippen MR) is 94.2 cm³/mol. The quantitative estimate of drug-likeness (QED) is 0.644. The number of nitrogens with zero attached hydrogens (tertiary/aromatic N) is 2. The smallest absolute Gasteiger partial charge is 0.254 e. The van der Waals surface area contributed by atoms with Crippen LogP contribution in [0.2, 0.25) is 0 Å². The monoisotopic (exact) mass is 326 g/mol. The van der Waals surface area contributed by atoms with Gasteiger partial charge in [-0.2, -0.15) is 4.98 Å². The van der Waals surface area contributed by atoms with E-state index in [1.165, 1.54) is 6.20 Å². The van der Waals surface area contributed by atoms with Gasteiger partial charge in [-0.15, -0.1) is 0 Å². The summed E-state index contributed by atoms with van der Waals surface area (Å²) < 4.78 is 0. The standard InChI is InChI=1S/C17H22N6O/c1-10-3-5-12(6-4-10)22-15-13(14(18)24)9-20-16(23-15)21-11(2)17(19)7-8-17/h3-6,9,11H,7-8,19H2,1-2H3,(H2,18,24)(H2,20,21,22,23)/t11-/m1/s1. The molecule has 1 saturated carbocycles. The molecule has 1 aromatic heterocycles. The number of carbonyl (C=O) groups excluding carboxylic acids is 1. The number of carbonyl (C=O) groups is 1. The van der Waals surface area contributed by atoms with Crippen molar-refractivity contribution in [2.24, 2.45) is 11.5 Å². The Morgan fingerprint density at radius 2 is 1.96 bits per heavy atom. The van der Waals surface area contributed by atoms with Crippen LogP contribution in [0.3, 0.4) is 0 Å². The number of nitrogens with one attached hydrogen (secondary N) is 2. The normalized spacial score (nSPS) is 16.3. The lowest BCUT2D eigenvalue weighted by Crippen LogP contribution is -2.40. The molecule has 0 bridgehead atoms. The Labute approximate surface area is 140 Å². The summed E-state index contributed by atoms with van der Waals surface area (Å²) in [5.41, 5.74) is 13.6. The Hall–Kier alpha value is -2.67. The molecule has 1 fully saturated rings. The van der Waals surface area contributed by atoms with Crippen LogP contribution < -0.4 is 22.1 Å². The van der Waals surface area contributed by atoms with E-state index in [0.717, 1.165) is 24.1 Å². The molecule has 6 N–H and O–H groups in total. The molecule has 1 aliphatic rings. The zero-order chi connectivity index (χ0) is 17.3. The molecule has 126 valence electrons. The SMILES string of the molecule is Cc1ccc(Nc2nc(N[C@H](C)C3(N)CC3)ncc2C(N)=O)cc1. The number of aryl methyl sites for hydroxylation is 1. The van der Waals surface area contributed by atoms with Crippen LogP contribution in [-0.2, 0) is 0 Å². The van der Waals surface area contributed by atoms with Crippen molar-refractivity contribution in [2.45, 2.75) is 38.3 Å². The molecule has 1 atom stereocenters. The fraction of sp³-hybridized carbons (Fsp3) is 0.353. The van der Waals surface area contributed by atoms with E-state index in [2.05, 4.69) is 20.6 Å². The Morgan fingerprint density at radius 3 is 2.54 bits per heavy atom. The highest BCUT2D eigenvalue weighted by atomic mass is 16.1. The summed E-state index contributed by atoms with van der Waals surface area (Å²) in [5.74, 6) is 0.207. The minimum absolute atomic E-state index is 0.0455. The molecule has 24 heavy (non-hydrogen) atoms. The number of nitrogens with two attached hydrogens (primary N) is 2. The number of amides is 1. The molecule has 1 aromatic carbocycles. The van der Waals surface area contributed by atoms with Crippen LogP contribution in [0.25, 0.3) is 0 Å². The molecule has 0 radical (unpaired) electrons. The zero-order valence-corrected chi connectivity index (χ0v) is 13.8. The topological polar surface area (TPSA) is 119 Å². The number of hydrogen-bond donors (Lipinski definition) is 4. The number of primary amides is 1. The van der Waals surface area contributed by atoms with Gasteiger partial charge in [-0.1, -0.05) is 17.7 Å². The van der Waals surface area contributed by atoms with E-state index in [-0.39, 0.29) is 17.1 Å². The van der Waals surface area contributed by atoms with Gasteiger partial charge in [0.05, 0.1) is 0 Å². The van der Waals surface area contributed by atoms with E-state index < -0.39 is 5.91 Å². The van der Waals surface area contributed by atoms with Crippen molar-refractivity contribution in [3.8, 4) is 0 Å². The van der Waals surface area contributed by atoms with Gasteiger partial charge in [0, 0.05) is 23.5 Å². The Morgan fingerprint density at radius 1 is 1.29 bits per heavy atom. The predicted octanol–water partition coefficient (Wildman–Crippen LogP) is 1.92. The third-order valence-electron chi connectivity index (χ3n) is 4.40. The Bertz CT molecular complexity index is 754. The lowest BCUT2D eigenvalue weighted by molar-refractivity contribution is 0.100. The molecule has 3 rings (SSSR count). The van der Waals surface area contributed by atoms with Gasteiger partial charge >= 0.3 is 0 Å². The van der Waals surface area contributed by atoms with Crippen LogP contribution in [0, 0.1) is 6.92 Å². The maximum atomic E-state index is 11.6. The van der Waals surface area contributed by atoms with Crippen molar-refractivity contribution in [2.75, 3.05) is 10.6 Å². The van der Waals surface area contributed by atoms with Crippen LogP contribution >= 0.6 is 0 Å². The van der Waals surface area contributed by atoms with E-state index in [9.17, 15) is 4.79 Å². The van der Waals surface area contributed by atoms with Gasteiger partial charge < -0.3 is 22.1 Å². The highest BCUT2D eigenvalue weighted by Gasteiger charge is 2.43. The van der Waals surface area contributed by atoms with Crippen LogP contribution in [0.15, 0.2) is 30.5 Å².